The monoisotopic (exact) mass is 380 g/mol. The molecule has 0 spiro atoms. The maximum absolute atomic E-state index is 12.2. The molecule has 0 aliphatic rings. The number of aromatic nitrogens is 4. The van der Waals surface area contributed by atoms with Crippen LogP contribution in [0.25, 0.3) is 11.4 Å². The summed E-state index contributed by atoms with van der Waals surface area (Å²) in [6, 6.07) is 9.54. The van der Waals surface area contributed by atoms with Crippen LogP contribution in [0, 0.1) is 0 Å². The molecule has 3 rings (SSSR count). The van der Waals surface area contributed by atoms with E-state index in [0.29, 0.717) is 12.3 Å². The van der Waals surface area contributed by atoms with E-state index >= 15 is 0 Å². The Kier molecular flexibility index (Phi) is 5.46. The van der Waals surface area contributed by atoms with Crippen LogP contribution in [-0.2, 0) is 12.3 Å². The highest BCUT2D eigenvalue weighted by molar-refractivity contribution is 7.98. The van der Waals surface area contributed by atoms with E-state index in [-0.39, 0.29) is 5.75 Å². The van der Waals surface area contributed by atoms with E-state index in [1.165, 1.54) is 23.9 Å². The first-order valence-electron chi connectivity index (χ1n) is 7.77. The summed E-state index contributed by atoms with van der Waals surface area (Å²) in [5, 5.41) is 9.22. The first kappa shape index (κ1) is 18.2. The molecule has 1 aromatic carbocycles. The van der Waals surface area contributed by atoms with Crippen molar-refractivity contribution >= 4 is 11.8 Å². The van der Waals surface area contributed by atoms with Crippen molar-refractivity contribution in [2.24, 2.45) is 0 Å². The molecule has 2 aromatic heterocycles. The minimum absolute atomic E-state index is 0.233. The zero-order chi connectivity index (χ0) is 18.6. The Morgan fingerprint density at radius 2 is 1.73 bits per heavy atom. The minimum atomic E-state index is -4.68. The predicted molar refractivity (Wildman–Crippen MR) is 91.6 cm³/mol. The molecule has 0 saturated carbocycles. The molecule has 2 heterocycles. The number of alkyl halides is 3. The van der Waals surface area contributed by atoms with E-state index in [1.54, 1.807) is 24.5 Å². The molecule has 9 heteroatoms. The second-order valence-electron chi connectivity index (χ2n) is 5.27. The summed E-state index contributed by atoms with van der Waals surface area (Å²) in [4.78, 5) is 4.00. The van der Waals surface area contributed by atoms with Crippen LogP contribution in [0.3, 0.4) is 0 Å². The Balaban J connectivity index is 1.69. The molecule has 0 aliphatic carbocycles. The van der Waals surface area contributed by atoms with E-state index < -0.39 is 6.36 Å². The van der Waals surface area contributed by atoms with Crippen LogP contribution in [0.4, 0.5) is 13.2 Å². The molecule has 5 nitrogen and oxygen atoms in total. The first-order valence-corrected chi connectivity index (χ1v) is 8.76. The third kappa shape index (κ3) is 4.54. The number of nitrogens with zero attached hydrogens (tertiary/aromatic N) is 4. The van der Waals surface area contributed by atoms with Crippen molar-refractivity contribution in [3.05, 3.63) is 54.4 Å². The SMILES string of the molecule is CCn1c(SCc2ccc(OC(F)(F)F)cc2)nnc1-c1ccncc1. The van der Waals surface area contributed by atoms with Gasteiger partial charge < -0.3 is 9.30 Å². The highest BCUT2D eigenvalue weighted by atomic mass is 32.2. The third-order valence-electron chi connectivity index (χ3n) is 3.50. The van der Waals surface area contributed by atoms with Gasteiger partial charge in [-0.15, -0.1) is 23.4 Å². The molecule has 136 valence electrons. The lowest BCUT2D eigenvalue weighted by molar-refractivity contribution is -0.274. The van der Waals surface area contributed by atoms with Crippen molar-refractivity contribution in [3.63, 3.8) is 0 Å². The van der Waals surface area contributed by atoms with Crippen molar-refractivity contribution < 1.29 is 17.9 Å². The van der Waals surface area contributed by atoms with Crippen LogP contribution in [0.5, 0.6) is 5.75 Å². The number of thioether (sulfide) groups is 1. The van der Waals surface area contributed by atoms with E-state index in [1.807, 2.05) is 23.6 Å². The Bertz CT molecular complexity index is 851. The first-order chi connectivity index (χ1) is 12.5. The molecule has 0 fully saturated rings. The highest BCUT2D eigenvalue weighted by Gasteiger charge is 2.30. The quantitative estimate of drug-likeness (QED) is 0.587. The molecular weight excluding hydrogens is 365 g/mol. The normalized spacial score (nSPS) is 11.5. The minimum Gasteiger partial charge on any atom is -0.406 e. The summed E-state index contributed by atoms with van der Waals surface area (Å²) >= 11 is 1.47. The van der Waals surface area contributed by atoms with E-state index in [4.69, 9.17) is 0 Å². The number of hydrogen-bond donors (Lipinski definition) is 0. The molecule has 0 aliphatic heterocycles. The van der Waals surface area contributed by atoms with Crippen molar-refractivity contribution in [1.29, 1.82) is 0 Å². The molecule has 3 aromatic rings. The lowest BCUT2D eigenvalue weighted by Crippen LogP contribution is -2.16. The topological polar surface area (TPSA) is 52.8 Å². The summed E-state index contributed by atoms with van der Waals surface area (Å²) in [5.41, 5.74) is 1.79. The fourth-order valence-electron chi connectivity index (χ4n) is 2.33. The van der Waals surface area contributed by atoms with Gasteiger partial charge in [0.25, 0.3) is 0 Å². The summed E-state index contributed by atoms with van der Waals surface area (Å²) in [5.74, 6) is 1.08. The van der Waals surface area contributed by atoms with Crippen LogP contribution in [0.2, 0.25) is 0 Å². The molecule has 0 radical (unpaired) electrons. The predicted octanol–water partition coefficient (Wildman–Crippen LogP) is 4.55. The molecule has 0 saturated heterocycles. The van der Waals surface area contributed by atoms with Gasteiger partial charge in [-0.2, -0.15) is 0 Å². The number of halogens is 3. The fraction of sp³-hybridized carbons (Fsp3) is 0.235. The van der Waals surface area contributed by atoms with E-state index in [0.717, 1.165) is 22.1 Å². The van der Waals surface area contributed by atoms with Gasteiger partial charge in [0.05, 0.1) is 0 Å². The van der Waals surface area contributed by atoms with Gasteiger partial charge in [0.2, 0.25) is 0 Å². The molecule has 26 heavy (non-hydrogen) atoms. The van der Waals surface area contributed by atoms with Gasteiger partial charge in [0, 0.05) is 30.3 Å². The fourth-order valence-corrected chi connectivity index (χ4v) is 3.29. The van der Waals surface area contributed by atoms with Gasteiger partial charge >= 0.3 is 6.36 Å². The van der Waals surface area contributed by atoms with Gasteiger partial charge in [-0.1, -0.05) is 23.9 Å². The average Bonchev–Trinajstić information content (AvgIpc) is 3.03. The largest absolute Gasteiger partial charge is 0.573 e. The van der Waals surface area contributed by atoms with E-state index in [9.17, 15) is 13.2 Å². The molecule has 0 atom stereocenters. The lowest BCUT2D eigenvalue weighted by Gasteiger charge is -2.09. The molecule has 0 bridgehead atoms. The van der Waals surface area contributed by atoms with Crippen LogP contribution in [-0.4, -0.2) is 26.1 Å². The van der Waals surface area contributed by atoms with Crippen LogP contribution in [0.15, 0.2) is 53.9 Å². The highest BCUT2D eigenvalue weighted by Crippen LogP contribution is 2.28. The number of rotatable bonds is 6. The van der Waals surface area contributed by atoms with Crippen molar-refractivity contribution in [1.82, 2.24) is 19.7 Å². The Morgan fingerprint density at radius 3 is 2.35 bits per heavy atom. The van der Waals surface area contributed by atoms with Crippen LogP contribution < -0.4 is 4.74 Å². The standard InChI is InChI=1S/C17H15F3N4OS/c1-2-24-15(13-7-9-21-10-8-13)22-23-16(24)26-11-12-3-5-14(6-4-12)25-17(18,19)20/h3-10H,2,11H2,1H3. The maximum Gasteiger partial charge on any atom is 0.573 e. The van der Waals surface area contributed by atoms with Crippen molar-refractivity contribution in [2.75, 3.05) is 0 Å². The van der Waals surface area contributed by atoms with E-state index in [2.05, 4.69) is 19.9 Å². The number of hydrogen-bond acceptors (Lipinski definition) is 5. The smallest absolute Gasteiger partial charge is 0.406 e. The number of ether oxygens (including phenoxy) is 1. The summed E-state index contributed by atoms with van der Waals surface area (Å²) in [6.07, 6.45) is -1.29. The Hall–Kier alpha value is -2.55. The van der Waals surface area contributed by atoms with Gasteiger partial charge in [0.1, 0.15) is 5.75 Å². The van der Waals surface area contributed by atoms with Crippen LogP contribution in [0.1, 0.15) is 12.5 Å². The average molecular weight is 380 g/mol. The maximum atomic E-state index is 12.2. The molecule has 0 N–H and O–H groups in total. The van der Waals surface area contributed by atoms with Gasteiger partial charge in [-0.25, -0.2) is 0 Å². The van der Waals surface area contributed by atoms with Crippen molar-refractivity contribution in [2.45, 2.75) is 30.7 Å². The third-order valence-corrected chi connectivity index (χ3v) is 4.53. The Morgan fingerprint density at radius 1 is 1.04 bits per heavy atom. The van der Waals surface area contributed by atoms with Crippen LogP contribution >= 0.6 is 11.8 Å². The summed E-state index contributed by atoms with van der Waals surface area (Å²) in [7, 11) is 0. The zero-order valence-corrected chi connectivity index (χ0v) is 14.6. The second-order valence-corrected chi connectivity index (χ2v) is 6.21. The molecular formula is C17H15F3N4OS. The van der Waals surface area contributed by atoms with Gasteiger partial charge in [-0.05, 0) is 36.8 Å². The summed E-state index contributed by atoms with van der Waals surface area (Å²) in [6.45, 7) is 2.70. The van der Waals surface area contributed by atoms with Gasteiger partial charge in [-0.3, -0.25) is 4.98 Å². The van der Waals surface area contributed by atoms with Gasteiger partial charge in [0.15, 0.2) is 11.0 Å². The molecule has 0 amide bonds. The summed E-state index contributed by atoms with van der Waals surface area (Å²) < 4.78 is 42.4. The lowest BCUT2D eigenvalue weighted by atomic mass is 10.2. The van der Waals surface area contributed by atoms with Crippen molar-refractivity contribution in [3.8, 4) is 17.1 Å². The Labute approximate surface area is 152 Å². The molecule has 0 unspecified atom stereocenters. The number of benzene rings is 1. The zero-order valence-electron chi connectivity index (χ0n) is 13.8. The second kappa shape index (κ2) is 7.77. The number of pyridine rings is 1.